The number of amidine groups is 2. The molecule has 0 aliphatic carbocycles. The van der Waals surface area contributed by atoms with Crippen LogP contribution in [0.25, 0.3) is 5.69 Å². The molecule has 180 valence electrons. The first kappa shape index (κ1) is 21.8. The fourth-order valence-electron chi connectivity index (χ4n) is 5.04. The van der Waals surface area contributed by atoms with Crippen molar-refractivity contribution in [3.8, 4) is 5.69 Å². The van der Waals surface area contributed by atoms with Crippen LogP contribution in [0, 0.1) is 13.8 Å². The van der Waals surface area contributed by atoms with Crippen LogP contribution in [0.1, 0.15) is 27.7 Å². The molecule has 2 aromatic heterocycles. The molecular weight excluding hydrogens is 476 g/mol. The highest BCUT2D eigenvalue weighted by Gasteiger charge is 2.41. The van der Waals surface area contributed by atoms with Gasteiger partial charge in [0.05, 0.1) is 22.8 Å². The van der Waals surface area contributed by atoms with Gasteiger partial charge in [0.25, 0.3) is 0 Å². The van der Waals surface area contributed by atoms with Crippen molar-refractivity contribution in [2.24, 2.45) is 9.98 Å². The highest BCUT2D eigenvalue weighted by molar-refractivity contribution is 7.10. The summed E-state index contributed by atoms with van der Waals surface area (Å²) in [5.74, 6) is 2.33. The zero-order valence-electron chi connectivity index (χ0n) is 20.5. The second-order valence-electron chi connectivity index (χ2n) is 9.23. The number of para-hydroxylation sites is 3. The number of aromatic nitrogens is 2. The molecule has 1 unspecified atom stereocenters. The van der Waals surface area contributed by atoms with Crippen LogP contribution in [0.3, 0.4) is 0 Å². The maximum atomic E-state index is 5.27. The molecule has 0 amide bonds. The van der Waals surface area contributed by atoms with Gasteiger partial charge >= 0.3 is 0 Å². The van der Waals surface area contributed by atoms with Gasteiger partial charge in [-0.2, -0.15) is 5.10 Å². The molecule has 37 heavy (non-hydrogen) atoms. The molecule has 6 nitrogen and oxygen atoms in total. The Bertz CT molecular complexity index is 1660. The molecule has 7 heteroatoms. The zero-order valence-corrected chi connectivity index (χ0v) is 21.3. The van der Waals surface area contributed by atoms with Crippen LogP contribution < -0.4 is 10.2 Å². The van der Waals surface area contributed by atoms with E-state index in [1.165, 1.54) is 10.4 Å². The minimum absolute atomic E-state index is 0.0774. The van der Waals surface area contributed by atoms with Gasteiger partial charge in [0.15, 0.2) is 17.5 Å². The van der Waals surface area contributed by atoms with Gasteiger partial charge in [-0.05, 0) is 61.7 Å². The van der Waals surface area contributed by atoms with Crippen molar-refractivity contribution in [1.29, 1.82) is 0 Å². The van der Waals surface area contributed by atoms with E-state index < -0.39 is 0 Å². The summed E-state index contributed by atoms with van der Waals surface area (Å²) in [7, 11) is 0. The lowest BCUT2D eigenvalue weighted by Crippen LogP contribution is -2.46. The number of fused-ring (bicyclic) bond motifs is 4. The van der Waals surface area contributed by atoms with Gasteiger partial charge in [-0.15, -0.1) is 11.3 Å². The Balaban J connectivity index is 1.49. The first-order chi connectivity index (χ1) is 18.2. The van der Waals surface area contributed by atoms with E-state index in [2.05, 4.69) is 96.2 Å². The Morgan fingerprint density at radius 1 is 0.811 bits per heavy atom. The number of anilines is 2. The smallest absolute Gasteiger partial charge is 0.179 e. The van der Waals surface area contributed by atoms with E-state index in [0.29, 0.717) is 5.84 Å². The SMILES string of the molecule is Cc1ccc(NC2=Nc3ccccc3N3C2=Nc2c(c(C)nn2-c2ccccc2)C3c2cccs2)cc1. The Labute approximate surface area is 219 Å². The van der Waals surface area contributed by atoms with Crippen molar-refractivity contribution in [2.45, 2.75) is 19.9 Å². The van der Waals surface area contributed by atoms with Gasteiger partial charge < -0.3 is 10.2 Å². The Kier molecular flexibility index (Phi) is 5.04. The van der Waals surface area contributed by atoms with Gasteiger partial charge in [-0.25, -0.2) is 14.7 Å². The number of aliphatic imine (C=N–C) groups is 2. The van der Waals surface area contributed by atoms with Crippen LogP contribution in [0.5, 0.6) is 0 Å². The number of rotatable bonds is 3. The molecule has 2 aliphatic heterocycles. The van der Waals surface area contributed by atoms with Crippen LogP contribution in [-0.2, 0) is 0 Å². The minimum Gasteiger partial charge on any atom is -0.337 e. The second-order valence-corrected chi connectivity index (χ2v) is 10.2. The van der Waals surface area contributed by atoms with Crippen LogP contribution in [0.4, 0.5) is 22.9 Å². The van der Waals surface area contributed by atoms with E-state index >= 15 is 0 Å². The summed E-state index contributed by atoms with van der Waals surface area (Å²) in [6.07, 6.45) is 0. The summed E-state index contributed by atoms with van der Waals surface area (Å²) in [6.45, 7) is 4.17. The second kappa shape index (κ2) is 8.57. The molecule has 0 saturated carbocycles. The summed E-state index contributed by atoms with van der Waals surface area (Å²) >= 11 is 1.75. The van der Waals surface area contributed by atoms with E-state index in [0.717, 1.165) is 45.7 Å². The molecule has 0 spiro atoms. The first-order valence-corrected chi connectivity index (χ1v) is 13.1. The highest BCUT2D eigenvalue weighted by atomic mass is 32.1. The van der Waals surface area contributed by atoms with E-state index in [9.17, 15) is 0 Å². The zero-order chi connectivity index (χ0) is 24.9. The number of nitrogens with zero attached hydrogens (tertiary/aromatic N) is 5. The predicted octanol–water partition coefficient (Wildman–Crippen LogP) is 7.35. The molecule has 0 bridgehead atoms. The lowest BCUT2D eigenvalue weighted by molar-refractivity contribution is 0.830. The summed E-state index contributed by atoms with van der Waals surface area (Å²) < 4.78 is 1.96. The Morgan fingerprint density at radius 3 is 2.38 bits per heavy atom. The third-order valence-corrected chi connectivity index (χ3v) is 7.69. The normalized spacial score (nSPS) is 15.8. The number of aryl methyl sites for hydroxylation is 2. The third kappa shape index (κ3) is 3.58. The summed E-state index contributed by atoms with van der Waals surface area (Å²) in [5, 5.41) is 10.7. The number of hydrogen-bond acceptors (Lipinski definition) is 6. The van der Waals surface area contributed by atoms with Crippen molar-refractivity contribution < 1.29 is 0 Å². The fourth-order valence-corrected chi connectivity index (χ4v) is 5.86. The minimum atomic E-state index is -0.0774. The standard InChI is InChI=1S/C30H24N6S/c1-19-14-16-21(17-15-19)31-28-30-33-29-26(20(2)34-36(29)22-9-4-3-5-10-22)27(25-13-8-18-37-25)35(30)24-12-7-6-11-23(24)32-28/h3-18,27H,1-2H3,(H,31,32). The molecule has 2 aliphatic rings. The topological polar surface area (TPSA) is 57.8 Å². The highest BCUT2D eigenvalue weighted by Crippen LogP contribution is 2.49. The Morgan fingerprint density at radius 2 is 1.59 bits per heavy atom. The van der Waals surface area contributed by atoms with Crippen molar-refractivity contribution in [2.75, 3.05) is 10.2 Å². The van der Waals surface area contributed by atoms with Crippen LogP contribution >= 0.6 is 11.3 Å². The molecular formula is C30H24N6S. The number of thiophene rings is 1. The van der Waals surface area contributed by atoms with Crippen molar-refractivity contribution in [3.63, 3.8) is 0 Å². The third-order valence-electron chi connectivity index (χ3n) is 6.77. The lowest BCUT2D eigenvalue weighted by atomic mass is 9.98. The average molecular weight is 501 g/mol. The van der Waals surface area contributed by atoms with Gasteiger partial charge in [-0.1, -0.05) is 54.1 Å². The number of hydrogen-bond donors (Lipinski definition) is 1. The van der Waals surface area contributed by atoms with E-state index in [4.69, 9.17) is 15.1 Å². The van der Waals surface area contributed by atoms with Gasteiger partial charge in [0.2, 0.25) is 0 Å². The molecule has 7 rings (SSSR count). The monoisotopic (exact) mass is 500 g/mol. The van der Waals surface area contributed by atoms with Gasteiger partial charge in [0.1, 0.15) is 6.04 Å². The molecule has 0 radical (unpaired) electrons. The van der Waals surface area contributed by atoms with Gasteiger partial charge in [-0.3, -0.25) is 0 Å². The van der Waals surface area contributed by atoms with Crippen LogP contribution in [0.15, 0.2) is 106 Å². The first-order valence-electron chi connectivity index (χ1n) is 12.3. The van der Waals surface area contributed by atoms with Gasteiger partial charge in [0, 0.05) is 16.1 Å². The van der Waals surface area contributed by atoms with Crippen LogP contribution in [0.2, 0.25) is 0 Å². The molecule has 3 aromatic carbocycles. The van der Waals surface area contributed by atoms with Crippen molar-refractivity contribution >= 4 is 45.9 Å². The van der Waals surface area contributed by atoms with E-state index in [1.54, 1.807) is 11.3 Å². The summed E-state index contributed by atoms with van der Waals surface area (Å²) in [4.78, 5) is 13.9. The quantitative estimate of drug-likeness (QED) is 0.282. The number of nitrogens with one attached hydrogen (secondary N) is 1. The maximum absolute atomic E-state index is 5.27. The maximum Gasteiger partial charge on any atom is 0.179 e. The molecule has 5 aromatic rings. The van der Waals surface area contributed by atoms with Crippen LogP contribution in [-0.4, -0.2) is 21.5 Å². The average Bonchev–Trinajstić information content (AvgIpc) is 3.58. The largest absolute Gasteiger partial charge is 0.337 e. The fraction of sp³-hybridized carbons (Fsp3) is 0.100. The molecule has 4 heterocycles. The molecule has 1 atom stereocenters. The van der Waals surface area contributed by atoms with Crippen molar-refractivity contribution in [1.82, 2.24) is 9.78 Å². The molecule has 0 saturated heterocycles. The van der Waals surface area contributed by atoms with E-state index in [-0.39, 0.29) is 6.04 Å². The molecule has 0 fully saturated rings. The summed E-state index contributed by atoms with van der Waals surface area (Å²) in [5.41, 5.74) is 7.19. The lowest BCUT2D eigenvalue weighted by Gasteiger charge is -2.40. The van der Waals surface area contributed by atoms with Crippen molar-refractivity contribution in [3.05, 3.63) is 118 Å². The number of benzene rings is 3. The summed E-state index contributed by atoms with van der Waals surface area (Å²) in [6, 6.07) is 31.1. The van der Waals surface area contributed by atoms with E-state index in [1.807, 2.05) is 28.9 Å². The molecule has 1 N–H and O–H groups in total. The Hall–Kier alpha value is -4.49. The predicted molar refractivity (Wildman–Crippen MR) is 152 cm³/mol.